The Morgan fingerprint density at radius 3 is 2.29 bits per heavy atom. The quantitative estimate of drug-likeness (QED) is 0.887. The molecule has 1 aliphatic heterocycles. The highest BCUT2D eigenvalue weighted by Crippen LogP contribution is 2.28. The van der Waals surface area contributed by atoms with Gasteiger partial charge in [0.1, 0.15) is 11.8 Å². The molecule has 1 amide bonds. The Hall–Kier alpha value is -2.04. The first-order valence-corrected chi connectivity index (χ1v) is 8.49. The average Bonchev–Trinajstić information content (AvgIpc) is 3.11. The Kier molecular flexibility index (Phi) is 5.38. The van der Waals surface area contributed by atoms with E-state index in [-0.39, 0.29) is 11.9 Å². The molecule has 2 aromatic rings. The van der Waals surface area contributed by atoms with E-state index in [0.29, 0.717) is 5.02 Å². The second-order valence-electron chi connectivity index (χ2n) is 5.91. The predicted octanol–water partition coefficient (Wildman–Crippen LogP) is 4.12. The summed E-state index contributed by atoms with van der Waals surface area (Å²) >= 11 is 5.99. The van der Waals surface area contributed by atoms with Gasteiger partial charge in [-0.25, -0.2) is 0 Å². The van der Waals surface area contributed by atoms with Crippen molar-refractivity contribution in [2.45, 2.75) is 18.9 Å². The van der Waals surface area contributed by atoms with Crippen LogP contribution in [0, 0.1) is 0 Å². The molecule has 1 saturated heterocycles. The van der Waals surface area contributed by atoms with Crippen LogP contribution in [0.5, 0.6) is 5.75 Å². The summed E-state index contributed by atoms with van der Waals surface area (Å²) in [7, 11) is 1.62. The zero-order valence-corrected chi connectivity index (χ0v) is 14.4. The molecule has 0 bridgehead atoms. The number of halogens is 1. The first-order valence-electron chi connectivity index (χ1n) is 8.12. The molecule has 0 radical (unpaired) electrons. The largest absolute Gasteiger partial charge is 0.497 e. The number of hydrogen-bond acceptors (Lipinski definition) is 3. The fraction of sp³-hybridized carbons (Fsp3) is 0.316. The van der Waals surface area contributed by atoms with E-state index in [1.54, 1.807) is 7.11 Å². The van der Waals surface area contributed by atoms with Gasteiger partial charge in [-0.05, 0) is 67.9 Å². The van der Waals surface area contributed by atoms with Crippen LogP contribution in [-0.4, -0.2) is 31.0 Å². The van der Waals surface area contributed by atoms with Crippen LogP contribution in [0.2, 0.25) is 5.02 Å². The topological polar surface area (TPSA) is 41.6 Å². The molecule has 1 atom stereocenters. The van der Waals surface area contributed by atoms with Crippen LogP contribution < -0.4 is 10.1 Å². The van der Waals surface area contributed by atoms with E-state index in [9.17, 15) is 4.79 Å². The molecule has 0 spiro atoms. The number of nitrogens with zero attached hydrogens (tertiary/aromatic N) is 1. The maximum atomic E-state index is 12.9. The SMILES string of the molecule is COc1ccc(NC(=O)[C@@H](c2ccc(Cl)cc2)N2CCCC2)cc1. The zero-order valence-electron chi connectivity index (χ0n) is 13.7. The molecule has 1 heterocycles. The van der Waals surface area contributed by atoms with Crippen molar-refractivity contribution in [3.05, 3.63) is 59.1 Å². The highest BCUT2D eigenvalue weighted by atomic mass is 35.5. The summed E-state index contributed by atoms with van der Waals surface area (Å²) in [6, 6.07) is 14.6. The Morgan fingerprint density at radius 2 is 1.71 bits per heavy atom. The number of amides is 1. The Morgan fingerprint density at radius 1 is 1.08 bits per heavy atom. The number of nitrogens with one attached hydrogen (secondary N) is 1. The lowest BCUT2D eigenvalue weighted by atomic mass is 10.0. The van der Waals surface area contributed by atoms with E-state index in [2.05, 4.69) is 10.2 Å². The molecule has 3 rings (SSSR count). The van der Waals surface area contributed by atoms with E-state index < -0.39 is 0 Å². The van der Waals surface area contributed by atoms with Gasteiger partial charge in [0.05, 0.1) is 7.11 Å². The summed E-state index contributed by atoms with van der Waals surface area (Å²) in [5.41, 5.74) is 1.73. The Labute approximate surface area is 147 Å². The summed E-state index contributed by atoms with van der Waals surface area (Å²) in [6.07, 6.45) is 2.25. The molecule has 1 N–H and O–H groups in total. The van der Waals surface area contributed by atoms with Gasteiger partial charge in [0.2, 0.25) is 5.91 Å². The number of hydrogen-bond donors (Lipinski definition) is 1. The second kappa shape index (κ2) is 7.69. The minimum Gasteiger partial charge on any atom is -0.497 e. The van der Waals surface area contributed by atoms with Crippen molar-refractivity contribution in [3.8, 4) is 5.75 Å². The second-order valence-corrected chi connectivity index (χ2v) is 6.35. The van der Waals surface area contributed by atoms with Crippen LogP contribution in [0.1, 0.15) is 24.4 Å². The van der Waals surface area contributed by atoms with E-state index in [0.717, 1.165) is 42.9 Å². The summed E-state index contributed by atoms with van der Waals surface area (Å²) < 4.78 is 5.15. The molecule has 4 nitrogen and oxygen atoms in total. The van der Waals surface area contributed by atoms with Crippen molar-refractivity contribution >= 4 is 23.2 Å². The minimum absolute atomic E-state index is 0.0237. The van der Waals surface area contributed by atoms with E-state index in [4.69, 9.17) is 16.3 Å². The van der Waals surface area contributed by atoms with Crippen LogP contribution in [0.25, 0.3) is 0 Å². The third-order valence-corrected chi connectivity index (χ3v) is 4.55. The predicted molar refractivity (Wildman–Crippen MR) is 96.6 cm³/mol. The smallest absolute Gasteiger partial charge is 0.246 e. The van der Waals surface area contributed by atoms with E-state index in [1.807, 2.05) is 48.5 Å². The van der Waals surface area contributed by atoms with Gasteiger partial charge in [-0.3, -0.25) is 9.69 Å². The molecule has 5 heteroatoms. The van der Waals surface area contributed by atoms with Gasteiger partial charge in [-0.2, -0.15) is 0 Å². The molecule has 0 saturated carbocycles. The number of methoxy groups -OCH3 is 1. The molecule has 2 aromatic carbocycles. The molecule has 0 aliphatic carbocycles. The first kappa shape index (κ1) is 16.8. The van der Waals surface area contributed by atoms with E-state index >= 15 is 0 Å². The van der Waals surface area contributed by atoms with Gasteiger partial charge in [0, 0.05) is 10.7 Å². The maximum Gasteiger partial charge on any atom is 0.246 e. The van der Waals surface area contributed by atoms with Crippen LogP contribution in [-0.2, 0) is 4.79 Å². The van der Waals surface area contributed by atoms with Crippen LogP contribution in [0.3, 0.4) is 0 Å². The molecule has 0 aromatic heterocycles. The van der Waals surface area contributed by atoms with Crippen molar-refractivity contribution in [2.24, 2.45) is 0 Å². The lowest BCUT2D eigenvalue weighted by molar-refractivity contribution is -0.121. The molecular weight excluding hydrogens is 324 g/mol. The minimum atomic E-state index is -0.299. The van der Waals surface area contributed by atoms with Gasteiger partial charge in [-0.15, -0.1) is 0 Å². The van der Waals surface area contributed by atoms with Gasteiger partial charge >= 0.3 is 0 Å². The van der Waals surface area contributed by atoms with Crippen molar-refractivity contribution in [2.75, 3.05) is 25.5 Å². The molecule has 24 heavy (non-hydrogen) atoms. The summed E-state index contributed by atoms with van der Waals surface area (Å²) in [6.45, 7) is 1.87. The third kappa shape index (κ3) is 3.89. The van der Waals surface area contributed by atoms with Crippen molar-refractivity contribution in [1.82, 2.24) is 4.90 Å². The van der Waals surface area contributed by atoms with Crippen LogP contribution >= 0.6 is 11.6 Å². The normalized spacial score (nSPS) is 15.9. The van der Waals surface area contributed by atoms with Gasteiger partial charge in [0.15, 0.2) is 0 Å². The average molecular weight is 345 g/mol. The number of benzene rings is 2. The monoisotopic (exact) mass is 344 g/mol. The van der Waals surface area contributed by atoms with Crippen LogP contribution in [0.4, 0.5) is 5.69 Å². The van der Waals surface area contributed by atoms with Crippen molar-refractivity contribution in [1.29, 1.82) is 0 Å². The molecular formula is C19H21ClN2O2. The lowest BCUT2D eigenvalue weighted by Gasteiger charge is -2.27. The number of ether oxygens (including phenoxy) is 1. The Bertz CT molecular complexity index is 680. The number of likely N-dealkylation sites (tertiary alicyclic amines) is 1. The Balaban J connectivity index is 1.81. The summed E-state index contributed by atoms with van der Waals surface area (Å²) in [5, 5.41) is 3.69. The molecule has 1 aliphatic rings. The number of carbonyl (C=O) groups excluding carboxylic acids is 1. The standard InChI is InChI=1S/C19H21ClN2O2/c1-24-17-10-8-16(9-11-17)21-19(23)18(22-12-2-3-13-22)14-4-6-15(20)7-5-14/h4-11,18H,2-3,12-13H2,1H3,(H,21,23)/t18-/m1/s1. The summed E-state index contributed by atoms with van der Waals surface area (Å²) in [4.78, 5) is 15.1. The highest BCUT2D eigenvalue weighted by molar-refractivity contribution is 6.30. The molecule has 0 unspecified atom stereocenters. The fourth-order valence-electron chi connectivity index (χ4n) is 3.06. The molecule has 126 valence electrons. The van der Waals surface area contributed by atoms with Gasteiger partial charge < -0.3 is 10.1 Å². The fourth-order valence-corrected chi connectivity index (χ4v) is 3.18. The highest BCUT2D eigenvalue weighted by Gasteiger charge is 2.29. The van der Waals surface area contributed by atoms with E-state index in [1.165, 1.54) is 0 Å². The maximum absolute atomic E-state index is 12.9. The lowest BCUT2D eigenvalue weighted by Crippen LogP contribution is -2.35. The van der Waals surface area contributed by atoms with Crippen molar-refractivity contribution in [3.63, 3.8) is 0 Å². The number of anilines is 1. The zero-order chi connectivity index (χ0) is 16.9. The van der Waals surface area contributed by atoms with Crippen molar-refractivity contribution < 1.29 is 9.53 Å². The first-order chi connectivity index (χ1) is 11.7. The van der Waals surface area contributed by atoms with Gasteiger partial charge in [-0.1, -0.05) is 23.7 Å². The van der Waals surface area contributed by atoms with Crippen LogP contribution in [0.15, 0.2) is 48.5 Å². The third-order valence-electron chi connectivity index (χ3n) is 4.30. The number of rotatable bonds is 5. The van der Waals surface area contributed by atoms with Gasteiger partial charge in [0.25, 0.3) is 0 Å². The number of carbonyl (C=O) groups is 1. The summed E-state index contributed by atoms with van der Waals surface area (Å²) in [5.74, 6) is 0.742. The molecule has 1 fully saturated rings.